The first-order chi connectivity index (χ1) is 14.5. The molecule has 1 unspecified atom stereocenters. The zero-order valence-corrected chi connectivity index (χ0v) is 19.3. The van der Waals surface area contributed by atoms with Gasteiger partial charge in [0.05, 0.1) is 12.3 Å². The zero-order valence-electron chi connectivity index (χ0n) is 19.3. The Bertz CT molecular complexity index is 853. The molecule has 1 aromatic heterocycles. The van der Waals surface area contributed by atoms with Gasteiger partial charge in [-0.1, -0.05) is 43.3 Å². The van der Waals surface area contributed by atoms with E-state index in [2.05, 4.69) is 69.0 Å². The highest BCUT2D eigenvalue weighted by Crippen LogP contribution is 2.23. The number of benzene rings is 1. The topological polar surface area (TPSA) is 38.2 Å². The molecular weight excluding hydrogens is 370 g/mol. The number of methoxy groups -OCH3 is 1. The molecule has 0 aliphatic carbocycles. The molecule has 2 heterocycles. The third kappa shape index (κ3) is 5.77. The maximum Gasteiger partial charge on any atom is 0.129 e. The van der Waals surface area contributed by atoms with Crippen molar-refractivity contribution < 1.29 is 4.74 Å². The minimum absolute atomic E-state index is 0.460. The van der Waals surface area contributed by atoms with Crippen molar-refractivity contribution >= 4 is 6.08 Å². The number of hydrogen-bond acceptors (Lipinski definition) is 4. The molecule has 30 heavy (non-hydrogen) atoms. The van der Waals surface area contributed by atoms with Crippen LogP contribution in [0.3, 0.4) is 0 Å². The van der Waals surface area contributed by atoms with Crippen molar-refractivity contribution in [1.29, 1.82) is 0 Å². The van der Waals surface area contributed by atoms with E-state index >= 15 is 0 Å². The van der Waals surface area contributed by atoms with E-state index in [0.717, 1.165) is 48.7 Å². The molecule has 4 nitrogen and oxygen atoms in total. The highest BCUT2D eigenvalue weighted by atomic mass is 16.5. The van der Waals surface area contributed by atoms with Crippen LogP contribution in [0.2, 0.25) is 0 Å². The summed E-state index contributed by atoms with van der Waals surface area (Å²) in [4.78, 5) is 12.1. The van der Waals surface area contributed by atoms with Gasteiger partial charge in [0.25, 0.3) is 0 Å². The molecule has 0 spiro atoms. The second-order valence-electron chi connectivity index (χ2n) is 8.57. The Balaban J connectivity index is 1.55. The second kappa shape index (κ2) is 10.8. The van der Waals surface area contributed by atoms with Gasteiger partial charge in [-0.05, 0) is 75.7 Å². The van der Waals surface area contributed by atoms with E-state index in [1.54, 1.807) is 7.11 Å². The third-order valence-corrected chi connectivity index (χ3v) is 6.50. The monoisotopic (exact) mass is 407 g/mol. The third-order valence-electron chi connectivity index (χ3n) is 6.50. The Morgan fingerprint density at radius 1 is 1.17 bits per heavy atom. The minimum Gasteiger partial charge on any atom is -0.378 e. The fourth-order valence-electron chi connectivity index (χ4n) is 4.33. The fourth-order valence-corrected chi connectivity index (χ4v) is 4.33. The first-order valence-corrected chi connectivity index (χ1v) is 11.3. The van der Waals surface area contributed by atoms with Crippen LogP contribution >= 0.6 is 0 Å². The van der Waals surface area contributed by atoms with Crippen LogP contribution in [0.5, 0.6) is 0 Å². The van der Waals surface area contributed by atoms with Crippen molar-refractivity contribution in [2.75, 3.05) is 20.2 Å². The van der Waals surface area contributed by atoms with Gasteiger partial charge in [0.15, 0.2) is 0 Å². The van der Waals surface area contributed by atoms with E-state index in [1.807, 2.05) is 0 Å². The van der Waals surface area contributed by atoms with Crippen LogP contribution < -0.4 is 0 Å². The number of likely N-dealkylation sites (tertiary alicyclic amines) is 1. The Labute approximate surface area is 182 Å². The molecule has 0 radical (unpaired) electrons. The number of hydrogen-bond donors (Lipinski definition) is 0. The summed E-state index contributed by atoms with van der Waals surface area (Å²) < 4.78 is 5.32. The van der Waals surface area contributed by atoms with Crippen molar-refractivity contribution in [3.63, 3.8) is 0 Å². The lowest BCUT2D eigenvalue weighted by Crippen LogP contribution is -2.39. The predicted octanol–water partition coefficient (Wildman–Crippen LogP) is 5.16. The lowest BCUT2D eigenvalue weighted by atomic mass is 9.92. The van der Waals surface area contributed by atoms with Crippen LogP contribution in [0.25, 0.3) is 6.08 Å². The molecule has 4 heteroatoms. The molecule has 0 saturated carbocycles. The maximum atomic E-state index is 5.32. The molecule has 0 N–H and O–H groups in total. The molecule has 0 bridgehead atoms. The van der Waals surface area contributed by atoms with Crippen LogP contribution in [0.4, 0.5) is 0 Å². The summed E-state index contributed by atoms with van der Waals surface area (Å²) in [5.74, 6) is 1.64. The number of aromatic nitrogens is 2. The van der Waals surface area contributed by atoms with Crippen molar-refractivity contribution in [2.45, 2.75) is 66.0 Å². The quantitative estimate of drug-likeness (QED) is 0.606. The van der Waals surface area contributed by atoms with Crippen molar-refractivity contribution in [1.82, 2.24) is 14.9 Å². The molecule has 1 aliphatic rings. The Morgan fingerprint density at radius 2 is 1.90 bits per heavy atom. The maximum absolute atomic E-state index is 5.32. The summed E-state index contributed by atoms with van der Waals surface area (Å²) in [7, 11) is 1.72. The Morgan fingerprint density at radius 3 is 2.60 bits per heavy atom. The van der Waals surface area contributed by atoms with E-state index in [4.69, 9.17) is 14.7 Å². The molecule has 1 fully saturated rings. The first kappa shape index (κ1) is 22.6. The van der Waals surface area contributed by atoms with Gasteiger partial charge < -0.3 is 4.74 Å². The molecule has 2 aromatic rings. The SMILES string of the molecule is CCc1ccccc1/C=C\C(C)N1CCC(Cc2nc(C)c(C)c(COC)n2)CC1. The smallest absolute Gasteiger partial charge is 0.129 e. The largest absolute Gasteiger partial charge is 0.378 e. The molecule has 1 atom stereocenters. The first-order valence-electron chi connectivity index (χ1n) is 11.3. The normalized spacial score (nSPS) is 17.0. The summed E-state index contributed by atoms with van der Waals surface area (Å²) in [5, 5.41) is 0. The zero-order chi connectivity index (χ0) is 21.5. The molecule has 0 amide bonds. The Kier molecular flexibility index (Phi) is 8.17. The average Bonchev–Trinajstić information content (AvgIpc) is 2.76. The summed E-state index contributed by atoms with van der Waals surface area (Å²) in [6.45, 7) is 11.5. The molecule has 162 valence electrons. The van der Waals surface area contributed by atoms with Crippen molar-refractivity contribution in [3.8, 4) is 0 Å². The second-order valence-corrected chi connectivity index (χ2v) is 8.57. The Hall–Kier alpha value is -2.04. The number of nitrogens with zero attached hydrogens (tertiary/aromatic N) is 3. The lowest BCUT2D eigenvalue weighted by molar-refractivity contribution is 0.160. The van der Waals surface area contributed by atoms with E-state index in [9.17, 15) is 0 Å². The molecule has 3 rings (SSSR count). The summed E-state index contributed by atoms with van der Waals surface area (Å²) >= 11 is 0. The molecule has 1 saturated heterocycles. The van der Waals surface area contributed by atoms with Crippen molar-refractivity contribution in [3.05, 3.63) is 64.2 Å². The molecule has 1 aromatic carbocycles. The van der Waals surface area contributed by atoms with Crippen molar-refractivity contribution in [2.24, 2.45) is 5.92 Å². The number of ether oxygens (including phenoxy) is 1. The fraction of sp³-hybridized carbons (Fsp3) is 0.538. The number of piperidine rings is 1. The van der Waals surface area contributed by atoms with E-state index in [0.29, 0.717) is 18.6 Å². The summed E-state index contributed by atoms with van der Waals surface area (Å²) in [6, 6.07) is 9.16. The minimum atomic E-state index is 0.460. The van der Waals surface area contributed by atoms with Crippen LogP contribution in [0.15, 0.2) is 30.3 Å². The van der Waals surface area contributed by atoms with Crippen LogP contribution in [-0.2, 0) is 24.2 Å². The standard InChI is InChI=1S/C26H37N3O/c1-6-23-9-7-8-10-24(23)12-11-19(2)29-15-13-22(14-16-29)17-26-27-21(4)20(3)25(28-26)18-30-5/h7-12,19,22H,6,13-18H2,1-5H3/b12-11-. The highest BCUT2D eigenvalue weighted by Gasteiger charge is 2.23. The van der Waals surface area contributed by atoms with Gasteiger partial charge in [0, 0.05) is 25.3 Å². The molecular formula is C26H37N3O. The molecule has 1 aliphatic heterocycles. The highest BCUT2D eigenvalue weighted by molar-refractivity contribution is 5.54. The average molecular weight is 408 g/mol. The number of rotatable bonds is 8. The van der Waals surface area contributed by atoms with Gasteiger partial charge in [0.1, 0.15) is 5.82 Å². The van der Waals surface area contributed by atoms with E-state index < -0.39 is 0 Å². The van der Waals surface area contributed by atoms with Gasteiger partial charge in [-0.25, -0.2) is 9.97 Å². The number of aryl methyl sites for hydroxylation is 2. The van der Waals surface area contributed by atoms with E-state index in [-0.39, 0.29) is 0 Å². The van der Waals surface area contributed by atoms with Gasteiger partial charge >= 0.3 is 0 Å². The van der Waals surface area contributed by atoms with Gasteiger partial charge in [-0.3, -0.25) is 4.90 Å². The predicted molar refractivity (Wildman–Crippen MR) is 125 cm³/mol. The van der Waals surface area contributed by atoms with Gasteiger partial charge in [0.2, 0.25) is 0 Å². The van der Waals surface area contributed by atoms with Crippen LogP contribution in [0, 0.1) is 19.8 Å². The summed E-state index contributed by atoms with van der Waals surface area (Å²) in [6.07, 6.45) is 9.13. The van der Waals surface area contributed by atoms with Crippen LogP contribution in [0.1, 0.15) is 60.6 Å². The van der Waals surface area contributed by atoms with Gasteiger partial charge in [-0.15, -0.1) is 0 Å². The van der Waals surface area contributed by atoms with E-state index in [1.165, 1.54) is 24.0 Å². The summed E-state index contributed by atoms with van der Waals surface area (Å²) in [5.41, 5.74) is 6.03. The lowest BCUT2D eigenvalue weighted by Gasteiger charge is -2.34. The van der Waals surface area contributed by atoms with Crippen LogP contribution in [-0.4, -0.2) is 41.1 Å². The van der Waals surface area contributed by atoms with Gasteiger partial charge in [-0.2, -0.15) is 0 Å².